The SMILES string of the molecule is COC(=O)c1ccc(Br)cc1N1CCC(=O)NC1=O. The molecule has 0 bridgehead atoms. The Labute approximate surface area is 117 Å². The van der Waals surface area contributed by atoms with Gasteiger partial charge in [0.05, 0.1) is 18.4 Å². The third-order valence-electron chi connectivity index (χ3n) is 2.71. The zero-order chi connectivity index (χ0) is 14.0. The third kappa shape index (κ3) is 2.76. The van der Waals surface area contributed by atoms with Crippen LogP contribution in [0.15, 0.2) is 22.7 Å². The number of esters is 1. The van der Waals surface area contributed by atoms with E-state index in [1.54, 1.807) is 18.2 Å². The van der Waals surface area contributed by atoms with E-state index in [9.17, 15) is 14.4 Å². The van der Waals surface area contributed by atoms with E-state index >= 15 is 0 Å². The Morgan fingerprint density at radius 1 is 1.42 bits per heavy atom. The molecule has 1 aliphatic rings. The van der Waals surface area contributed by atoms with Crippen LogP contribution in [0.3, 0.4) is 0 Å². The van der Waals surface area contributed by atoms with E-state index in [0.717, 1.165) is 4.47 Å². The number of hydrogen-bond acceptors (Lipinski definition) is 4. The number of ether oxygens (including phenoxy) is 1. The van der Waals surface area contributed by atoms with Gasteiger partial charge in [-0.1, -0.05) is 15.9 Å². The molecule has 1 N–H and O–H groups in total. The Bertz CT molecular complexity index is 559. The first kappa shape index (κ1) is 13.5. The molecule has 0 radical (unpaired) electrons. The van der Waals surface area contributed by atoms with Crippen molar-refractivity contribution in [3.63, 3.8) is 0 Å². The lowest BCUT2D eigenvalue weighted by Crippen LogP contribution is -2.50. The van der Waals surface area contributed by atoms with Gasteiger partial charge in [0, 0.05) is 17.4 Å². The molecule has 0 aliphatic carbocycles. The molecule has 1 aromatic carbocycles. The molecule has 0 atom stereocenters. The lowest BCUT2D eigenvalue weighted by Gasteiger charge is -2.28. The number of carbonyl (C=O) groups excluding carboxylic acids is 3. The molecular formula is C12H11BrN2O4. The van der Waals surface area contributed by atoms with Gasteiger partial charge >= 0.3 is 12.0 Å². The zero-order valence-electron chi connectivity index (χ0n) is 10.1. The van der Waals surface area contributed by atoms with Gasteiger partial charge in [0.25, 0.3) is 0 Å². The number of nitrogens with one attached hydrogen (secondary N) is 1. The molecule has 0 unspecified atom stereocenters. The Balaban J connectivity index is 2.42. The van der Waals surface area contributed by atoms with Crippen LogP contribution in [0.25, 0.3) is 0 Å². The summed E-state index contributed by atoms with van der Waals surface area (Å²) in [5.41, 5.74) is 0.682. The van der Waals surface area contributed by atoms with Crippen molar-refractivity contribution >= 4 is 39.5 Å². The highest BCUT2D eigenvalue weighted by Crippen LogP contribution is 2.27. The summed E-state index contributed by atoms with van der Waals surface area (Å²) in [5.74, 6) is -0.858. The van der Waals surface area contributed by atoms with Crippen LogP contribution in [0.2, 0.25) is 0 Å². The highest BCUT2D eigenvalue weighted by atomic mass is 79.9. The number of methoxy groups -OCH3 is 1. The number of anilines is 1. The molecule has 0 spiro atoms. The smallest absolute Gasteiger partial charge is 0.339 e. The monoisotopic (exact) mass is 326 g/mol. The zero-order valence-corrected chi connectivity index (χ0v) is 11.7. The fourth-order valence-electron chi connectivity index (χ4n) is 1.80. The number of hydrogen-bond donors (Lipinski definition) is 1. The van der Waals surface area contributed by atoms with E-state index < -0.39 is 12.0 Å². The van der Waals surface area contributed by atoms with E-state index in [4.69, 9.17) is 0 Å². The minimum absolute atomic E-state index is 0.193. The number of rotatable bonds is 2. The standard InChI is InChI=1S/C12H11BrN2O4/c1-19-11(17)8-3-2-7(13)6-9(8)15-5-4-10(16)14-12(15)18/h2-3,6H,4-5H2,1H3,(H,14,16,18). The van der Waals surface area contributed by atoms with Gasteiger partial charge in [-0.2, -0.15) is 0 Å². The number of amides is 3. The van der Waals surface area contributed by atoms with Gasteiger partial charge < -0.3 is 4.74 Å². The summed E-state index contributed by atoms with van der Waals surface area (Å²) < 4.78 is 5.41. The van der Waals surface area contributed by atoms with E-state index in [0.29, 0.717) is 5.69 Å². The van der Waals surface area contributed by atoms with Crippen LogP contribution in [-0.2, 0) is 9.53 Å². The van der Waals surface area contributed by atoms with Gasteiger partial charge in [-0.05, 0) is 18.2 Å². The molecule has 1 aromatic rings. The van der Waals surface area contributed by atoms with Crippen molar-refractivity contribution in [2.75, 3.05) is 18.6 Å². The van der Waals surface area contributed by atoms with Gasteiger partial charge in [-0.25, -0.2) is 9.59 Å². The lowest BCUT2D eigenvalue weighted by molar-refractivity contribution is -0.120. The number of benzene rings is 1. The fourth-order valence-corrected chi connectivity index (χ4v) is 2.15. The molecule has 1 heterocycles. The van der Waals surface area contributed by atoms with Crippen molar-refractivity contribution in [3.8, 4) is 0 Å². The minimum atomic E-state index is -0.542. The van der Waals surface area contributed by atoms with Crippen molar-refractivity contribution in [2.24, 2.45) is 0 Å². The summed E-state index contributed by atoms with van der Waals surface area (Å²) in [6, 6.07) is 4.35. The highest BCUT2D eigenvalue weighted by Gasteiger charge is 2.27. The van der Waals surface area contributed by atoms with Crippen LogP contribution in [0.5, 0.6) is 0 Å². The first-order valence-corrected chi connectivity index (χ1v) is 6.31. The van der Waals surface area contributed by atoms with Gasteiger partial charge in [0.1, 0.15) is 0 Å². The first-order chi connectivity index (χ1) is 9.02. The molecule has 7 heteroatoms. The third-order valence-corrected chi connectivity index (χ3v) is 3.20. The quantitative estimate of drug-likeness (QED) is 0.839. The van der Waals surface area contributed by atoms with Gasteiger partial charge in [0.2, 0.25) is 5.91 Å². The Hall–Kier alpha value is -1.89. The summed E-state index contributed by atoms with van der Waals surface area (Å²) >= 11 is 3.29. The Kier molecular flexibility index (Phi) is 3.84. The van der Waals surface area contributed by atoms with Gasteiger partial charge in [-0.3, -0.25) is 15.0 Å². The highest BCUT2D eigenvalue weighted by molar-refractivity contribution is 9.10. The second kappa shape index (κ2) is 5.40. The van der Waals surface area contributed by atoms with E-state index in [-0.39, 0.29) is 24.4 Å². The van der Waals surface area contributed by atoms with E-state index in [2.05, 4.69) is 26.0 Å². The van der Waals surface area contributed by atoms with Crippen molar-refractivity contribution in [1.29, 1.82) is 0 Å². The molecule has 1 fully saturated rings. The number of carbonyl (C=O) groups is 3. The summed E-state index contributed by atoms with van der Waals surface area (Å²) in [4.78, 5) is 36.0. The topological polar surface area (TPSA) is 75.7 Å². The molecule has 100 valence electrons. The molecule has 19 heavy (non-hydrogen) atoms. The molecule has 0 aromatic heterocycles. The van der Waals surface area contributed by atoms with Crippen LogP contribution >= 0.6 is 15.9 Å². The van der Waals surface area contributed by atoms with Crippen LogP contribution in [0, 0.1) is 0 Å². The predicted octanol–water partition coefficient (Wildman–Crippen LogP) is 1.68. The summed E-state index contributed by atoms with van der Waals surface area (Å²) in [6.07, 6.45) is 0.193. The summed E-state index contributed by atoms with van der Waals surface area (Å²) in [5, 5.41) is 2.21. The van der Waals surface area contributed by atoms with Gasteiger partial charge in [0.15, 0.2) is 0 Å². The van der Waals surface area contributed by atoms with Gasteiger partial charge in [-0.15, -0.1) is 0 Å². The molecule has 1 aliphatic heterocycles. The van der Waals surface area contributed by atoms with Crippen LogP contribution in [0.1, 0.15) is 16.8 Å². The minimum Gasteiger partial charge on any atom is -0.465 e. The summed E-state index contributed by atoms with van der Waals surface area (Å²) in [7, 11) is 1.27. The average molecular weight is 327 g/mol. The van der Waals surface area contributed by atoms with Crippen LogP contribution in [0.4, 0.5) is 10.5 Å². The maximum absolute atomic E-state index is 11.8. The van der Waals surface area contributed by atoms with Crippen molar-refractivity contribution in [2.45, 2.75) is 6.42 Å². The first-order valence-electron chi connectivity index (χ1n) is 5.52. The molecule has 6 nitrogen and oxygen atoms in total. The van der Waals surface area contributed by atoms with Crippen molar-refractivity contribution < 1.29 is 19.1 Å². The molecular weight excluding hydrogens is 316 g/mol. The second-order valence-corrected chi connectivity index (χ2v) is 4.82. The van der Waals surface area contributed by atoms with E-state index in [1.165, 1.54) is 12.0 Å². The normalized spacial score (nSPS) is 15.2. The summed E-state index contributed by atoms with van der Waals surface area (Å²) in [6.45, 7) is 0.227. The molecule has 2 rings (SSSR count). The number of imide groups is 1. The van der Waals surface area contributed by atoms with Crippen LogP contribution in [-0.4, -0.2) is 31.6 Å². The lowest BCUT2D eigenvalue weighted by atomic mass is 10.1. The van der Waals surface area contributed by atoms with Crippen molar-refractivity contribution in [3.05, 3.63) is 28.2 Å². The Morgan fingerprint density at radius 2 is 2.16 bits per heavy atom. The maximum atomic E-state index is 11.8. The molecule has 1 saturated heterocycles. The predicted molar refractivity (Wildman–Crippen MR) is 71.0 cm³/mol. The molecule has 3 amide bonds. The second-order valence-electron chi connectivity index (χ2n) is 3.91. The maximum Gasteiger partial charge on any atom is 0.339 e. The number of urea groups is 1. The fraction of sp³-hybridized carbons (Fsp3) is 0.250. The van der Waals surface area contributed by atoms with Crippen molar-refractivity contribution in [1.82, 2.24) is 5.32 Å². The number of nitrogens with zero attached hydrogens (tertiary/aromatic N) is 1. The Morgan fingerprint density at radius 3 is 2.79 bits per heavy atom. The van der Waals surface area contributed by atoms with E-state index in [1.807, 2.05) is 0 Å². The average Bonchev–Trinajstić information content (AvgIpc) is 2.38. The van der Waals surface area contributed by atoms with Crippen LogP contribution < -0.4 is 10.2 Å². The number of halogens is 1. The largest absolute Gasteiger partial charge is 0.465 e. The molecule has 0 saturated carbocycles.